The number of hydrogen-bond acceptors (Lipinski definition) is 2. The van der Waals surface area contributed by atoms with Gasteiger partial charge in [0.25, 0.3) is 0 Å². The number of nitrogens with one attached hydrogen (secondary N) is 1. The number of halogens is 1. The molecule has 16 heavy (non-hydrogen) atoms. The van der Waals surface area contributed by atoms with Gasteiger partial charge in [0, 0.05) is 20.3 Å². The predicted molar refractivity (Wildman–Crippen MR) is 77.3 cm³/mol. The molecule has 1 unspecified atom stereocenters. The third-order valence-corrected chi connectivity index (χ3v) is 4.93. The lowest BCUT2D eigenvalue weighted by Gasteiger charge is -2.15. The summed E-state index contributed by atoms with van der Waals surface area (Å²) in [7, 11) is 2.06. The van der Waals surface area contributed by atoms with Gasteiger partial charge in [0.2, 0.25) is 0 Å². The van der Waals surface area contributed by atoms with Crippen LogP contribution in [-0.2, 0) is 0 Å². The quantitative estimate of drug-likeness (QED) is 0.695. The molecule has 1 heterocycles. The van der Waals surface area contributed by atoms with Crippen molar-refractivity contribution >= 4 is 27.3 Å². The van der Waals surface area contributed by atoms with E-state index in [9.17, 15) is 0 Å². The van der Waals surface area contributed by atoms with Crippen molar-refractivity contribution in [1.29, 1.82) is 0 Å². The zero-order valence-corrected chi connectivity index (χ0v) is 12.9. The summed E-state index contributed by atoms with van der Waals surface area (Å²) < 4.78 is 1.27. The molecule has 0 bridgehead atoms. The lowest BCUT2D eigenvalue weighted by molar-refractivity contribution is 0.510. The van der Waals surface area contributed by atoms with E-state index in [4.69, 9.17) is 0 Å². The zero-order valence-electron chi connectivity index (χ0n) is 10.5. The van der Waals surface area contributed by atoms with Crippen molar-refractivity contribution in [3.05, 3.63) is 20.3 Å². The summed E-state index contributed by atoms with van der Waals surface area (Å²) in [6.07, 6.45) is 6.60. The lowest BCUT2D eigenvalue weighted by atomic mass is 10.1. The number of aryl methyl sites for hydroxylation is 1. The van der Waals surface area contributed by atoms with Gasteiger partial charge in [-0.2, -0.15) is 0 Å². The van der Waals surface area contributed by atoms with Crippen LogP contribution in [0.2, 0.25) is 0 Å². The van der Waals surface area contributed by atoms with Crippen molar-refractivity contribution in [3.8, 4) is 0 Å². The van der Waals surface area contributed by atoms with Crippen LogP contribution in [-0.4, -0.2) is 7.05 Å². The molecule has 0 aliphatic heterocycles. The molecule has 0 fully saturated rings. The van der Waals surface area contributed by atoms with E-state index in [2.05, 4.69) is 48.2 Å². The Bertz CT molecular complexity index is 309. The SMILES string of the molecule is CCCCCCC(NC)c1sc(C)cc1Br. The maximum Gasteiger partial charge on any atom is 0.0423 e. The highest BCUT2D eigenvalue weighted by Crippen LogP contribution is 2.34. The molecule has 0 saturated carbocycles. The van der Waals surface area contributed by atoms with Gasteiger partial charge in [0.1, 0.15) is 0 Å². The van der Waals surface area contributed by atoms with E-state index in [1.54, 1.807) is 0 Å². The Hall–Kier alpha value is 0.140. The maximum absolute atomic E-state index is 3.65. The van der Waals surface area contributed by atoms with Crippen molar-refractivity contribution in [3.63, 3.8) is 0 Å². The molecular weight excluding hydrogens is 282 g/mol. The smallest absolute Gasteiger partial charge is 0.0423 e. The summed E-state index contributed by atoms with van der Waals surface area (Å²) in [5.74, 6) is 0. The topological polar surface area (TPSA) is 12.0 Å². The van der Waals surface area contributed by atoms with Gasteiger partial charge < -0.3 is 5.32 Å². The molecule has 1 atom stereocenters. The van der Waals surface area contributed by atoms with Gasteiger partial charge >= 0.3 is 0 Å². The van der Waals surface area contributed by atoms with Gasteiger partial charge in [-0.25, -0.2) is 0 Å². The average molecular weight is 304 g/mol. The Morgan fingerprint density at radius 1 is 1.38 bits per heavy atom. The highest BCUT2D eigenvalue weighted by atomic mass is 79.9. The van der Waals surface area contributed by atoms with Crippen LogP contribution >= 0.6 is 27.3 Å². The Balaban J connectivity index is 2.50. The Morgan fingerprint density at radius 3 is 2.62 bits per heavy atom. The van der Waals surface area contributed by atoms with Crippen molar-refractivity contribution in [2.75, 3.05) is 7.05 Å². The first-order valence-electron chi connectivity index (χ1n) is 6.12. The normalized spacial score (nSPS) is 13.0. The summed E-state index contributed by atoms with van der Waals surface area (Å²) in [6, 6.07) is 2.74. The predicted octanol–water partition coefficient (Wildman–Crippen LogP) is 5.05. The van der Waals surface area contributed by atoms with Crippen LogP contribution in [0.3, 0.4) is 0 Å². The minimum Gasteiger partial charge on any atom is -0.312 e. The second kappa shape index (κ2) is 7.46. The molecule has 0 aliphatic rings. The van der Waals surface area contributed by atoms with Crippen LogP contribution in [0.25, 0.3) is 0 Å². The minimum atomic E-state index is 0.518. The van der Waals surface area contributed by atoms with Crippen molar-refractivity contribution < 1.29 is 0 Å². The van der Waals surface area contributed by atoms with Crippen molar-refractivity contribution in [2.45, 2.75) is 52.0 Å². The fraction of sp³-hybridized carbons (Fsp3) is 0.692. The van der Waals surface area contributed by atoms with Gasteiger partial charge in [0.05, 0.1) is 0 Å². The Kier molecular flexibility index (Phi) is 6.62. The highest BCUT2D eigenvalue weighted by Gasteiger charge is 2.14. The Labute approximate surface area is 112 Å². The van der Waals surface area contributed by atoms with E-state index in [-0.39, 0.29) is 0 Å². The van der Waals surface area contributed by atoms with E-state index in [1.807, 2.05) is 11.3 Å². The van der Waals surface area contributed by atoms with E-state index in [0.29, 0.717) is 6.04 Å². The van der Waals surface area contributed by atoms with Crippen LogP contribution in [0.5, 0.6) is 0 Å². The highest BCUT2D eigenvalue weighted by molar-refractivity contribution is 9.10. The number of hydrogen-bond donors (Lipinski definition) is 1. The second-order valence-electron chi connectivity index (χ2n) is 4.26. The molecule has 0 aliphatic carbocycles. The molecule has 0 aromatic carbocycles. The van der Waals surface area contributed by atoms with Gasteiger partial charge in [0.15, 0.2) is 0 Å². The van der Waals surface area contributed by atoms with Crippen LogP contribution in [0.4, 0.5) is 0 Å². The molecule has 92 valence electrons. The van der Waals surface area contributed by atoms with Gasteiger partial charge in [-0.05, 0) is 42.4 Å². The molecule has 3 heteroatoms. The summed E-state index contributed by atoms with van der Waals surface area (Å²) >= 11 is 5.55. The van der Waals surface area contributed by atoms with Crippen LogP contribution < -0.4 is 5.32 Å². The Morgan fingerprint density at radius 2 is 2.12 bits per heavy atom. The molecule has 1 N–H and O–H groups in total. The average Bonchev–Trinajstić information content (AvgIpc) is 2.58. The fourth-order valence-corrected chi connectivity index (χ4v) is 3.99. The van der Waals surface area contributed by atoms with E-state index in [0.717, 1.165) is 0 Å². The summed E-state index contributed by atoms with van der Waals surface area (Å²) in [4.78, 5) is 2.84. The number of thiophene rings is 1. The molecule has 1 rings (SSSR count). The maximum atomic E-state index is 3.65. The first-order chi connectivity index (χ1) is 7.69. The summed E-state index contributed by atoms with van der Waals surface area (Å²) in [5, 5.41) is 3.43. The molecule has 1 aromatic rings. The third kappa shape index (κ3) is 4.19. The van der Waals surface area contributed by atoms with E-state index in [1.165, 1.54) is 46.3 Å². The summed E-state index contributed by atoms with van der Waals surface area (Å²) in [5.41, 5.74) is 0. The zero-order chi connectivity index (χ0) is 12.0. The van der Waals surface area contributed by atoms with Crippen molar-refractivity contribution in [1.82, 2.24) is 5.32 Å². The monoisotopic (exact) mass is 303 g/mol. The standard InChI is InChI=1S/C13H22BrNS/c1-4-5-6-7-8-12(15-3)13-11(14)9-10(2)16-13/h9,12,15H,4-8H2,1-3H3. The van der Waals surface area contributed by atoms with E-state index >= 15 is 0 Å². The molecule has 0 saturated heterocycles. The third-order valence-electron chi connectivity index (χ3n) is 2.85. The van der Waals surface area contributed by atoms with Gasteiger partial charge in [-0.15, -0.1) is 11.3 Å². The van der Waals surface area contributed by atoms with Crippen molar-refractivity contribution in [2.24, 2.45) is 0 Å². The molecule has 0 radical (unpaired) electrons. The molecular formula is C13H22BrNS. The first kappa shape index (κ1) is 14.2. The first-order valence-corrected chi connectivity index (χ1v) is 7.73. The molecule has 0 spiro atoms. The molecule has 1 aromatic heterocycles. The van der Waals surface area contributed by atoms with Crippen LogP contribution in [0, 0.1) is 6.92 Å². The van der Waals surface area contributed by atoms with Gasteiger partial charge in [-0.1, -0.05) is 32.6 Å². The molecule has 0 amide bonds. The lowest BCUT2D eigenvalue weighted by Crippen LogP contribution is -2.15. The summed E-state index contributed by atoms with van der Waals surface area (Å²) in [6.45, 7) is 4.43. The number of rotatable bonds is 7. The molecule has 1 nitrogen and oxygen atoms in total. The fourth-order valence-electron chi connectivity index (χ4n) is 1.92. The van der Waals surface area contributed by atoms with E-state index < -0.39 is 0 Å². The second-order valence-corrected chi connectivity index (χ2v) is 6.40. The van der Waals surface area contributed by atoms with Crippen LogP contribution in [0.15, 0.2) is 10.5 Å². The minimum absolute atomic E-state index is 0.518. The van der Waals surface area contributed by atoms with Gasteiger partial charge in [-0.3, -0.25) is 0 Å². The van der Waals surface area contributed by atoms with Crippen LogP contribution in [0.1, 0.15) is 54.8 Å². The largest absolute Gasteiger partial charge is 0.312 e. The number of unbranched alkanes of at least 4 members (excludes halogenated alkanes) is 3.